The number of aryl methyl sites for hydroxylation is 5. The lowest BCUT2D eigenvalue weighted by Crippen LogP contribution is -2.06. The lowest BCUT2D eigenvalue weighted by atomic mass is 10.1. The summed E-state index contributed by atoms with van der Waals surface area (Å²) >= 11 is 0. The fraction of sp³-hybridized carbons (Fsp3) is 0.524. The molecule has 0 unspecified atom stereocenters. The van der Waals surface area contributed by atoms with Crippen LogP contribution in [0.3, 0.4) is 0 Å². The molecule has 1 saturated carbocycles. The van der Waals surface area contributed by atoms with Crippen LogP contribution < -0.4 is 4.74 Å². The van der Waals surface area contributed by atoms with Gasteiger partial charge in [0.2, 0.25) is 5.88 Å². The zero-order valence-electron chi connectivity index (χ0n) is 16.9. The normalized spacial score (nSPS) is 20.4. The molecule has 1 aliphatic heterocycles. The molecule has 3 aromatic heterocycles. The molecule has 1 aliphatic carbocycles. The minimum absolute atomic E-state index is 0.509. The first-order chi connectivity index (χ1) is 13.5. The minimum atomic E-state index is 0.509. The van der Waals surface area contributed by atoms with Crippen LogP contribution in [0.5, 0.6) is 5.88 Å². The van der Waals surface area contributed by atoms with Crippen molar-refractivity contribution < 1.29 is 4.74 Å². The smallest absolute Gasteiger partial charge is 0.224 e. The average Bonchev–Trinajstić information content (AvgIpc) is 2.97. The van der Waals surface area contributed by atoms with Gasteiger partial charge in [-0.3, -0.25) is 9.36 Å². The van der Waals surface area contributed by atoms with Crippen molar-refractivity contribution in [2.45, 2.75) is 52.5 Å². The van der Waals surface area contributed by atoms with Gasteiger partial charge in [0, 0.05) is 48.6 Å². The zero-order chi connectivity index (χ0) is 19.4. The van der Waals surface area contributed by atoms with Crippen LogP contribution in [-0.4, -0.2) is 36.1 Å². The number of nitrogens with zero attached hydrogens (tertiary/aromatic N) is 6. The molecule has 7 nitrogen and oxygen atoms in total. The van der Waals surface area contributed by atoms with Gasteiger partial charge < -0.3 is 4.74 Å². The van der Waals surface area contributed by atoms with Crippen molar-refractivity contribution in [2.24, 2.45) is 13.0 Å². The highest BCUT2D eigenvalue weighted by atomic mass is 16.5. The molecule has 0 bridgehead atoms. The van der Waals surface area contributed by atoms with Crippen molar-refractivity contribution in [1.82, 2.24) is 29.5 Å². The van der Waals surface area contributed by atoms with Crippen molar-refractivity contribution in [2.75, 3.05) is 6.61 Å². The number of aromatic nitrogens is 6. The summed E-state index contributed by atoms with van der Waals surface area (Å²) in [5, 5.41) is 9.32. The third kappa shape index (κ3) is 2.89. The highest BCUT2D eigenvalue weighted by Crippen LogP contribution is 2.47. The highest BCUT2D eigenvalue weighted by Gasteiger charge is 2.41. The van der Waals surface area contributed by atoms with E-state index in [1.807, 2.05) is 31.8 Å². The van der Waals surface area contributed by atoms with Crippen molar-refractivity contribution in [3.63, 3.8) is 0 Å². The SMILES string of the molecule is Cc1ncc(-c2c(C)nn(C)c2C)c(OC[C@H]2C[C@@H]2c2cc3n(n2)CCC3)n1. The first-order valence-electron chi connectivity index (χ1n) is 10.0. The van der Waals surface area contributed by atoms with E-state index < -0.39 is 0 Å². The standard InChI is InChI=1S/C21H26N6O/c1-12-20(13(2)26(4)24-12)18-10-22-14(3)23-21(18)28-11-15-8-17(15)19-9-16-6-5-7-27(16)25-19/h9-10,15,17H,5-8,11H2,1-4H3/t15-,17+/m1/s1. The summed E-state index contributed by atoms with van der Waals surface area (Å²) in [6.45, 7) is 7.70. The summed E-state index contributed by atoms with van der Waals surface area (Å²) in [5.74, 6) is 2.40. The molecule has 1 fully saturated rings. The Bertz CT molecular complexity index is 1030. The van der Waals surface area contributed by atoms with Crippen LogP contribution in [0.25, 0.3) is 11.1 Å². The monoisotopic (exact) mass is 378 g/mol. The molecule has 0 N–H and O–H groups in total. The van der Waals surface area contributed by atoms with E-state index in [0.29, 0.717) is 24.3 Å². The van der Waals surface area contributed by atoms with E-state index in [9.17, 15) is 0 Å². The predicted molar refractivity (Wildman–Crippen MR) is 105 cm³/mol. The van der Waals surface area contributed by atoms with E-state index in [-0.39, 0.29) is 0 Å². The quantitative estimate of drug-likeness (QED) is 0.682. The number of rotatable bonds is 5. The van der Waals surface area contributed by atoms with E-state index in [2.05, 4.69) is 32.7 Å². The molecule has 0 aromatic carbocycles. The molecular formula is C21H26N6O. The molecule has 5 rings (SSSR count). The van der Waals surface area contributed by atoms with Gasteiger partial charge in [-0.25, -0.2) is 4.98 Å². The zero-order valence-corrected chi connectivity index (χ0v) is 16.9. The number of fused-ring (bicyclic) bond motifs is 1. The van der Waals surface area contributed by atoms with Crippen LogP contribution >= 0.6 is 0 Å². The summed E-state index contributed by atoms with van der Waals surface area (Å²) in [6.07, 6.45) is 5.39. The van der Waals surface area contributed by atoms with Gasteiger partial charge in [0.05, 0.1) is 23.6 Å². The van der Waals surface area contributed by atoms with Gasteiger partial charge in [-0.1, -0.05) is 0 Å². The van der Waals surface area contributed by atoms with Crippen molar-refractivity contribution >= 4 is 0 Å². The summed E-state index contributed by atoms with van der Waals surface area (Å²) in [4.78, 5) is 8.99. The van der Waals surface area contributed by atoms with E-state index >= 15 is 0 Å². The summed E-state index contributed by atoms with van der Waals surface area (Å²) < 4.78 is 10.3. The van der Waals surface area contributed by atoms with Gasteiger partial charge in [-0.15, -0.1) is 0 Å². The van der Waals surface area contributed by atoms with Crippen LogP contribution in [0.4, 0.5) is 0 Å². The third-order valence-electron chi connectivity index (χ3n) is 6.07. The Morgan fingerprint density at radius 1 is 1.21 bits per heavy atom. The lowest BCUT2D eigenvalue weighted by molar-refractivity contribution is 0.285. The summed E-state index contributed by atoms with van der Waals surface area (Å²) in [7, 11) is 1.96. The number of ether oxygens (including phenoxy) is 1. The van der Waals surface area contributed by atoms with E-state index in [0.717, 1.165) is 47.7 Å². The second-order valence-electron chi connectivity index (χ2n) is 8.11. The maximum atomic E-state index is 6.22. The van der Waals surface area contributed by atoms with E-state index in [1.54, 1.807) is 0 Å². The highest BCUT2D eigenvalue weighted by molar-refractivity contribution is 5.72. The molecule has 146 valence electrons. The van der Waals surface area contributed by atoms with Gasteiger partial charge in [-0.2, -0.15) is 15.2 Å². The Kier molecular flexibility index (Phi) is 4.00. The second-order valence-corrected chi connectivity index (χ2v) is 8.11. The largest absolute Gasteiger partial charge is 0.477 e. The van der Waals surface area contributed by atoms with E-state index in [4.69, 9.17) is 9.84 Å². The lowest BCUT2D eigenvalue weighted by Gasteiger charge is -2.11. The maximum absolute atomic E-state index is 6.22. The molecule has 3 aromatic rings. The number of hydrogen-bond acceptors (Lipinski definition) is 5. The second kappa shape index (κ2) is 6.43. The van der Waals surface area contributed by atoms with Crippen LogP contribution in [-0.2, 0) is 20.0 Å². The van der Waals surface area contributed by atoms with Gasteiger partial charge >= 0.3 is 0 Å². The van der Waals surface area contributed by atoms with Gasteiger partial charge in [-0.05, 0) is 46.1 Å². The third-order valence-corrected chi connectivity index (χ3v) is 6.07. The molecule has 2 atom stereocenters. The Morgan fingerprint density at radius 3 is 2.82 bits per heavy atom. The van der Waals surface area contributed by atoms with Crippen LogP contribution in [0.15, 0.2) is 12.3 Å². The first kappa shape index (κ1) is 17.4. The minimum Gasteiger partial charge on any atom is -0.477 e. The Hall–Kier alpha value is -2.70. The summed E-state index contributed by atoms with van der Waals surface area (Å²) in [5.41, 5.74) is 6.67. The summed E-state index contributed by atoms with van der Waals surface area (Å²) in [6, 6.07) is 2.29. The molecule has 28 heavy (non-hydrogen) atoms. The molecule has 7 heteroatoms. The van der Waals surface area contributed by atoms with E-state index in [1.165, 1.54) is 17.8 Å². The topological polar surface area (TPSA) is 70.7 Å². The van der Waals surface area contributed by atoms with Crippen LogP contribution in [0.2, 0.25) is 0 Å². The van der Waals surface area contributed by atoms with Crippen LogP contribution in [0.1, 0.15) is 47.4 Å². The molecule has 0 amide bonds. The molecular weight excluding hydrogens is 352 g/mol. The molecule has 2 aliphatic rings. The van der Waals surface area contributed by atoms with Gasteiger partial charge in [0.25, 0.3) is 0 Å². The molecule has 4 heterocycles. The van der Waals surface area contributed by atoms with Gasteiger partial charge in [0.15, 0.2) is 0 Å². The van der Waals surface area contributed by atoms with Crippen LogP contribution in [0, 0.1) is 26.7 Å². The Morgan fingerprint density at radius 2 is 2.07 bits per heavy atom. The Labute approximate surface area is 164 Å². The molecule has 0 spiro atoms. The van der Waals surface area contributed by atoms with Crippen molar-refractivity contribution in [3.8, 4) is 17.0 Å². The average molecular weight is 378 g/mol. The number of hydrogen-bond donors (Lipinski definition) is 0. The predicted octanol–water partition coefficient (Wildman–Crippen LogP) is 3.13. The fourth-order valence-electron chi connectivity index (χ4n) is 4.34. The maximum Gasteiger partial charge on any atom is 0.224 e. The Balaban J connectivity index is 1.34. The molecule has 0 radical (unpaired) electrons. The molecule has 0 saturated heterocycles. The fourth-order valence-corrected chi connectivity index (χ4v) is 4.34. The van der Waals surface area contributed by atoms with Crippen molar-refractivity contribution in [3.05, 3.63) is 40.9 Å². The first-order valence-corrected chi connectivity index (χ1v) is 10.0. The van der Waals surface area contributed by atoms with Crippen molar-refractivity contribution in [1.29, 1.82) is 0 Å². The van der Waals surface area contributed by atoms with Gasteiger partial charge in [0.1, 0.15) is 5.82 Å².